The van der Waals surface area contributed by atoms with Crippen molar-refractivity contribution < 1.29 is 14.6 Å². The van der Waals surface area contributed by atoms with Crippen LogP contribution in [0.25, 0.3) is 0 Å². The Balaban J connectivity index is 3.78. The first-order valence-electron chi connectivity index (χ1n) is 6.21. The second-order valence-corrected chi connectivity index (χ2v) is 4.11. The third-order valence-electron chi connectivity index (χ3n) is 2.56. The van der Waals surface area contributed by atoms with E-state index in [2.05, 4.69) is 6.92 Å². The van der Waals surface area contributed by atoms with Crippen molar-refractivity contribution in [1.82, 2.24) is 0 Å². The molecule has 4 heteroatoms. The summed E-state index contributed by atoms with van der Waals surface area (Å²) in [5.74, 6) is -0.346. The van der Waals surface area contributed by atoms with E-state index in [1.807, 2.05) is 6.92 Å². The molecule has 0 bridgehead atoms. The number of aliphatic hydroxyl groups excluding tert-OH is 1. The zero-order valence-corrected chi connectivity index (χ0v) is 10.4. The van der Waals surface area contributed by atoms with Gasteiger partial charge in [-0.15, -0.1) is 0 Å². The minimum atomic E-state index is -0.777. The Morgan fingerprint density at radius 2 is 2.06 bits per heavy atom. The summed E-state index contributed by atoms with van der Waals surface area (Å²) in [6.07, 6.45) is 4.37. The fourth-order valence-electron chi connectivity index (χ4n) is 1.48. The average molecular weight is 231 g/mol. The van der Waals surface area contributed by atoms with Crippen molar-refractivity contribution in [3.05, 3.63) is 0 Å². The van der Waals surface area contributed by atoms with E-state index in [0.717, 1.165) is 25.7 Å². The van der Waals surface area contributed by atoms with Crippen LogP contribution in [0.4, 0.5) is 0 Å². The molecular weight excluding hydrogens is 206 g/mol. The van der Waals surface area contributed by atoms with Crippen molar-refractivity contribution in [3.63, 3.8) is 0 Å². The number of hydrogen-bond acceptors (Lipinski definition) is 4. The summed E-state index contributed by atoms with van der Waals surface area (Å²) in [5, 5.41) is 9.20. The molecule has 0 saturated carbocycles. The van der Waals surface area contributed by atoms with Gasteiger partial charge >= 0.3 is 5.97 Å². The van der Waals surface area contributed by atoms with Gasteiger partial charge in [0.25, 0.3) is 0 Å². The van der Waals surface area contributed by atoms with E-state index in [1.165, 1.54) is 6.42 Å². The molecule has 4 nitrogen and oxygen atoms in total. The number of carbonyl (C=O) groups is 1. The number of aliphatic hydroxyl groups is 1. The number of esters is 1. The molecule has 0 radical (unpaired) electrons. The van der Waals surface area contributed by atoms with Crippen molar-refractivity contribution in [3.8, 4) is 0 Å². The molecule has 2 unspecified atom stereocenters. The summed E-state index contributed by atoms with van der Waals surface area (Å²) in [6.45, 7) is 4.25. The van der Waals surface area contributed by atoms with Gasteiger partial charge < -0.3 is 15.6 Å². The number of unbranched alkanes of at least 4 members (excludes halogenated alkanes) is 2. The number of hydrogen-bond donors (Lipinski definition) is 2. The van der Waals surface area contributed by atoms with Gasteiger partial charge in [-0.1, -0.05) is 26.7 Å². The molecule has 0 aliphatic carbocycles. The van der Waals surface area contributed by atoms with Crippen LogP contribution in [-0.4, -0.2) is 29.8 Å². The van der Waals surface area contributed by atoms with E-state index >= 15 is 0 Å². The van der Waals surface area contributed by atoms with Crippen LogP contribution in [0.2, 0.25) is 0 Å². The van der Waals surface area contributed by atoms with Crippen LogP contribution in [-0.2, 0) is 9.53 Å². The molecule has 0 aliphatic heterocycles. The van der Waals surface area contributed by atoms with Crippen molar-refractivity contribution in [2.45, 2.75) is 64.6 Å². The average Bonchev–Trinajstić information content (AvgIpc) is 2.27. The van der Waals surface area contributed by atoms with Crippen molar-refractivity contribution >= 4 is 5.97 Å². The normalized spacial score (nSPS) is 14.5. The second-order valence-electron chi connectivity index (χ2n) is 4.11. The topological polar surface area (TPSA) is 72.5 Å². The van der Waals surface area contributed by atoms with E-state index < -0.39 is 6.10 Å². The zero-order chi connectivity index (χ0) is 12.4. The highest BCUT2D eigenvalue weighted by Crippen LogP contribution is 2.11. The molecule has 0 heterocycles. The minimum absolute atomic E-state index is 0.000772. The molecule has 0 fully saturated rings. The first kappa shape index (κ1) is 15.4. The zero-order valence-electron chi connectivity index (χ0n) is 10.4. The van der Waals surface area contributed by atoms with Crippen LogP contribution in [0.5, 0.6) is 0 Å². The molecule has 2 atom stereocenters. The maximum Gasteiger partial charge on any atom is 0.308 e. The third kappa shape index (κ3) is 7.65. The number of rotatable bonds is 9. The maximum atomic E-state index is 11.4. The summed E-state index contributed by atoms with van der Waals surface area (Å²) in [5.41, 5.74) is 5.22. The molecule has 16 heavy (non-hydrogen) atoms. The first-order valence-corrected chi connectivity index (χ1v) is 6.21. The van der Waals surface area contributed by atoms with Crippen LogP contribution < -0.4 is 5.73 Å². The van der Waals surface area contributed by atoms with Gasteiger partial charge in [-0.05, 0) is 19.3 Å². The third-order valence-corrected chi connectivity index (χ3v) is 2.56. The molecule has 0 spiro atoms. The second kappa shape index (κ2) is 9.60. The highest BCUT2D eigenvalue weighted by molar-refractivity contribution is 5.70. The van der Waals surface area contributed by atoms with Crippen LogP contribution in [0.3, 0.4) is 0 Å². The van der Waals surface area contributed by atoms with Gasteiger partial charge in [-0.25, -0.2) is 0 Å². The highest BCUT2D eigenvalue weighted by Gasteiger charge is 2.15. The predicted molar refractivity (Wildman–Crippen MR) is 64.0 cm³/mol. The Morgan fingerprint density at radius 1 is 1.38 bits per heavy atom. The lowest BCUT2D eigenvalue weighted by Gasteiger charge is -2.17. The van der Waals surface area contributed by atoms with Gasteiger partial charge in [0.15, 0.2) is 0 Å². The van der Waals surface area contributed by atoms with Gasteiger partial charge in [0.1, 0.15) is 6.10 Å². The molecule has 96 valence electrons. The lowest BCUT2D eigenvalue weighted by molar-refractivity contribution is -0.151. The predicted octanol–water partition coefficient (Wildman–Crippen LogP) is 1.60. The monoisotopic (exact) mass is 231 g/mol. The van der Waals surface area contributed by atoms with Crippen molar-refractivity contribution in [2.75, 3.05) is 6.54 Å². The minimum Gasteiger partial charge on any atom is -0.462 e. The van der Waals surface area contributed by atoms with Gasteiger partial charge in [-0.2, -0.15) is 0 Å². The molecule has 0 aliphatic rings. The molecule has 0 amide bonds. The highest BCUT2D eigenvalue weighted by atomic mass is 16.5. The summed E-state index contributed by atoms with van der Waals surface area (Å²) < 4.78 is 5.26. The lowest BCUT2D eigenvalue weighted by atomic mass is 10.1. The van der Waals surface area contributed by atoms with Gasteiger partial charge in [-0.3, -0.25) is 4.79 Å². The fourth-order valence-corrected chi connectivity index (χ4v) is 1.48. The molecule has 0 aromatic carbocycles. The lowest BCUT2D eigenvalue weighted by Crippen LogP contribution is -2.26. The Labute approximate surface area is 98.2 Å². The molecule has 0 rings (SSSR count). The Hall–Kier alpha value is -0.610. The fraction of sp³-hybridized carbons (Fsp3) is 0.917. The Kier molecular flexibility index (Phi) is 9.24. The summed E-state index contributed by atoms with van der Waals surface area (Å²) >= 11 is 0. The molecule has 0 aromatic heterocycles. The molecular formula is C12H25NO3. The quantitative estimate of drug-likeness (QED) is 0.467. The molecule has 0 saturated heterocycles. The van der Waals surface area contributed by atoms with E-state index in [1.54, 1.807) is 0 Å². The van der Waals surface area contributed by atoms with Gasteiger partial charge in [0, 0.05) is 6.54 Å². The van der Waals surface area contributed by atoms with Crippen molar-refractivity contribution in [1.29, 1.82) is 0 Å². The molecule has 0 aromatic rings. The van der Waals surface area contributed by atoms with Crippen molar-refractivity contribution in [2.24, 2.45) is 5.73 Å². The summed E-state index contributed by atoms with van der Waals surface area (Å²) in [6, 6.07) is 0. The Bertz CT molecular complexity index is 185. The van der Waals surface area contributed by atoms with E-state index in [0.29, 0.717) is 0 Å². The van der Waals surface area contributed by atoms with Crippen LogP contribution in [0.15, 0.2) is 0 Å². The number of ether oxygens (including phenoxy) is 1. The molecule has 3 N–H and O–H groups in total. The first-order chi connectivity index (χ1) is 7.63. The summed E-state index contributed by atoms with van der Waals surface area (Å²) in [7, 11) is 0. The van der Waals surface area contributed by atoms with Crippen LogP contribution in [0, 0.1) is 0 Å². The van der Waals surface area contributed by atoms with E-state index in [-0.39, 0.29) is 25.0 Å². The Morgan fingerprint density at radius 3 is 2.56 bits per heavy atom. The van der Waals surface area contributed by atoms with E-state index in [4.69, 9.17) is 10.5 Å². The van der Waals surface area contributed by atoms with Crippen LogP contribution in [0.1, 0.15) is 52.4 Å². The number of carbonyl (C=O) groups excluding carboxylic acids is 1. The smallest absolute Gasteiger partial charge is 0.308 e. The SMILES string of the molecule is CCCCCC(CC)OC(=O)CC(O)CN. The maximum absolute atomic E-state index is 11.4. The van der Waals surface area contributed by atoms with E-state index in [9.17, 15) is 9.90 Å². The standard InChI is InChI=1S/C12H25NO3/c1-3-5-6-7-11(4-2)16-12(15)8-10(14)9-13/h10-11,14H,3-9,13H2,1-2H3. The summed E-state index contributed by atoms with van der Waals surface area (Å²) in [4.78, 5) is 11.4. The largest absolute Gasteiger partial charge is 0.462 e. The number of nitrogens with two attached hydrogens (primary N) is 1. The van der Waals surface area contributed by atoms with Gasteiger partial charge in [0.2, 0.25) is 0 Å². The van der Waals surface area contributed by atoms with Gasteiger partial charge in [0.05, 0.1) is 12.5 Å². The van der Waals surface area contributed by atoms with Crippen LogP contribution >= 0.6 is 0 Å².